The van der Waals surface area contributed by atoms with E-state index in [9.17, 15) is 14.4 Å². The Morgan fingerprint density at radius 2 is 1.48 bits per heavy atom. The van der Waals surface area contributed by atoms with Gasteiger partial charge < -0.3 is 32.4 Å². The summed E-state index contributed by atoms with van der Waals surface area (Å²) in [5, 5.41) is 2.69. The van der Waals surface area contributed by atoms with Gasteiger partial charge in [-0.1, -0.05) is 0 Å². The zero-order valence-electron chi connectivity index (χ0n) is 18.3. The molecule has 29 heavy (non-hydrogen) atoms. The highest BCUT2D eigenvalue weighted by Gasteiger charge is 2.22. The Balaban J connectivity index is 0.00000784. The van der Waals surface area contributed by atoms with E-state index < -0.39 is 0 Å². The number of amides is 3. The fraction of sp³-hybridized carbons (Fsp3) is 0.571. The van der Waals surface area contributed by atoms with Crippen LogP contribution in [0.3, 0.4) is 0 Å². The third-order valence-electron chi connectivity index (χ3n) is 4.92. The molecule has 0 aromatic heterocycles. The summed E-state index contributed by atoms with van der Waals surface area (Å²) in [6.07, 6.45) is 0. The number of nitrogens with one attached hydrogen (secondary N) is 2. The quantitative estimate of drug-likeness (QED) is 0.425. The summed E-state index contributed by atoms with van der Waals surface area (Å²) in [7, 11) is 0. The number of carbonyl (C=O) groups excluding carboxylic acids is 3. The van der Waals surface area contributed by atoms with Gasteiger partial charge in [0.2, 0.25) is 11.8 Å². The first-order valence-electron chi connectivity index (χ1n) is 10.1. The number of halogens is 1. The first kappa shape index (κ1) is 26.9. The van der Waals surface area contributed by atoms with Gasteiger partial charge in [-0.3, -0.25) is 14.4 Å². The fourth-order valence-electron chi connectivity index (χ4n) is 3.07. The smallest absolute Gasteiger partial charge is 0.254 e. The molecule has 0 radical (unpaired) electrons. The van der Waals surface area contributed by atoms with E-state index >= 15 is 0 Å². The van der Waals surface area contributed by atoms with Crippen LogP contribution in [0.2, 0.25) is 0 Å². The highest BCUT2D eigenvalue weighted by molar-refractivity contribution is 5.97. The van der Waals surface area contributed by atoms with Crippen molar-refractivity contribution >= 4 is 23.4 Å². The zero-order chi connectivity index (χ0) is 21.1. The molecule has 0 heterocycles. The van der Waals surface area contributed by atoms with E-state index in [1.165, 1.54) is 11.8 Å². The van der Waals surface area contributed by atoms with E-state index in [-0.39, 0.29) is 36.7 Å². The number of rotatable bonds is 11. The summed E-state index contributed by atoms with van der Waals surface area (Å²) in [6, 6.07) is 6.78. The van der Waals surface area contributed by atoms with Crippen molar-refractivity contribution in [2.45, 2.75) is 34.6 Å². The molecule has 1 aromatic carbocycles. The average Bonchev–Trinajstić information content (AvgIpc) is 2.68. The lowest BCUT2D eigenvalue weighted by Crippen LogP contribution is -3.12. The maximum absolute atomic E-state index is 13.1. The van der Waals surface area contributed by atoms with E-state index in [0.717, 1.165) is 19.6 Å². The number of nitrogens with zero attached hydrogens (tertiary/aromatic N) is 2. The Bertz CT molecular complexity index is 644. The van der Waals surface area contributed by atoms with Crippen LogP contribution in [0.25, 0.3) is 0 Å². The van der Waals surface area contributed by atoms with Crippen molar-refractivity contribution in [1.82, 2.24) is 9.80 Å². The summed E-state index contributed by atoms with van der Waals surface area (Å²) in [6.45, 7) is 14.2. The van der Waals surface area contributed by atoms with E-state index in [1.807, 2.05) is 13.8 Å². The summed E-state index contributed by atoms with van der Waals surface area (Å²) >= 11 is 0. The van der Waals surface area contributed by atoms with Crippen LogP contribution in [-0.2, 0) is 9.59 Å². The second-order valence-electron chi connectivity index (χ2n) is 6.76. The largest absolute Gasteiger partial charge is 1.00 e. The zero-order valence-corrected chi connectivity index (χ0v) is 19.0. The van der Waals surface area contributed by atoms with Crippen LogP contribution in [0.15, 0.2) is 24.3 Å². The van der Waals surface area contributed by atoms with Crippen LogP contribution in [0.4, 0.5) is 5.69 Å². The summed E-state index contributed by atoms with van der Waals surface area (Å²) < 4.78 is 0. The standard InChI is InChI=1S/C21H34N4O3.ClH/c1-6-23(7-2)14-15-25(16-20(27)24(8-3)9-4)21(28)18-10-12-19(13-11-18)22-17(5)26;/h10-13H,6-9,14-16H2,1-5H3,(H,22,26);1H. The molecule has 1 rings (SSSR count). The van der Waals surface area contributed by atoms with Crippen LogP contribution in [0.5, 0.6) is 0 Å². The number of quaternary nitrogens is 1. The Morgan fingerprint density at radius 3 is 1.93 bits per heavy atom. The monoisotopic (exact) mass is 426 g/mol. The van der Waals surface area contributed by atoms with Crippen molar-refractivity contribution < 1.29 is 31.7 Å². The topological polar surface area (TPSA) is 74.2 Å². The van der Waals surface area contributed by atoms with Crippen molar-refractivity contribution in [3.8, 4) is 0 Å². The molecular formula is C21H35ClN4O3. The molecule has 0 fully saturated rings. The third kappa shape index (κ3) is 8.83. The van der Waals surface area contributed by atoms with E-state index in [2.05, 4.69) is 19.2 Å². The average molecular weight is 427 g/mol. The summed E-state index contributed by atoms with van der Waals surface area (Å²) in [5.74, 6) is -0.364. The number of hydrogen-bond acceptors (Lipinski definition) is 3. The minimum Gasteiger partial charge on any atom is -1.00 e. The summed E-state index contributed by atoms with van der Waals surface area (Å²) in [4.78, 5) is 41.6. The third-order valence-corrected chi connectivity index (χ3v) is 4.92. The van der Waals surface area contributed by atoms with Crippen molar-refractivity contribution in [2.24, 2.45) is 0 Å². The van der Waals surface area contributed by atoms with Crippen LogP contribution < -0.4 is 22.6 Å². The molecule has 0 aliphatic carbocycles. The van der Waals surface area contributed by atoms with Gasteiger partial charge >= 0.3 is 0 Å². The molecule has 0 bridgehead atoms. The normalized spacial score (nSPS) is 10.3. The number of likely N-dealkylation sites (N-methyl/N-ethyl adjacent to an activating group) is 2. The fourth-order valence-corrected chi connectivity index (χ4v) is 3.07. The second-order valence-corrected chi connectivity index (χ2v) is 6.76. The number of anilines is 1. The van der Waals surface area contributed by atoms with Crippen LogP contribution >= 0.6 is 0 Å². The number of hydrogen-bond donors (Lipinski definition) is 2. The minimum absolute atomic E-state index is 0. The van der Waals surface area contributed by atoms with Crippen LogP contribution in [0.1, 0.15) is 45.0 Å². The first-order chi connectivity index (χ1) is 13.4. The highest BCUT2D eigenvalue weighted by atomic mass is 35.5. The van der Waals surface area contributed by atoms with Gasteiger partial charge in [0.25, 0.3) is 5.91 Å². The predicted molar refractivity (Wildman–Crippen MR) is 111 cm³/mol. The van der Waals surface area contributed by atoms with E-state index in [4.69, 9.17) is 0 Å². The molecule has 0 aliphatic rings. The predicted octanol–water partition coefficient (Wildman–Crippen LogP) is -2.12. The van der Waals surface area contributed by atoms with Crippen molar-refractivity contribution in [3.63, 3.8) is 0 Å². The molecule has 8 heteroatoms. The van der Waals surface area contributed by atoms with Gasteiger partial charge in [-0.05, 0) is 52.0 Å². The highest BCUT2D eigenvalue weighted by Crippen LogP contribution is 2.12. The second kappa shape index (κ2) is 14.0. The van der Waals surface area contributed by atoms with Crippen molar-refractivity contribution in [2.75, 3.05) is 51.1 Å². The van der Waals surface area contributed by atoms with Gasteiger partial charge in [-0.2, -0.15) is 0 Å². The molecule has 3 amide bonds. The Labute approximate surface area is 180 Å². The molecule has 2 N–H and O–H groups in total. The van der Waals surface area contributed by atoms with Gasteiger partial charge in [-0.25, -0.2) is 0 Å². The van der Waals surface area contributed by atoms with Gasteiger partial charge in [0.15, 0.2) is 0 Å². The molecule has 164 valence electrons. The molecule has 1 aromatic rings. The van der Waals surface area contributed by atoms with Gasteiger partial charge in [0, 0.05) is 31.3 Å². The summed E-state index contributed by atoms with van der Waals surface area (Å²) in [5.41, 5.74) is 1.15. The van der Waals surface area contributed by atoms with Crippen molar-refractivity contribution in [1.29, 1.82) is 0 Å². The van der Waals surface area contributed by atoms with E-state index in [0.29, 0.717) is 30.9 Å². The Hall–Kier alpha value is -2.12. The lowest BCUT2D eigenvalue weighted by Gasteiger charge is -2.27. The lowest BCUT2D eigenvalue weighted by atomic mass is 10.1. The Morgan fingerprint density at radius 1 is 0.931 bits per heavy atom. The van der Waals surface area contributed by atoms with Crippen LogP contribution in [0, 0.1) is 0 Å². The molecule has 0 saturated heterocycles. The SMILES string of the molecule is CCN(CC)C(=O)CN(CC[NH+](CC)CC)C(=O)c1ccc(NC(C)=O)cc1.[Cl-]. The van der Waals surface area contributed by atoms with Crippen molar-refractivity contribution in [3.05, 3.63) is 29.8 Å². The first-order valence-corrected chi connectivity index (χ1v) is 10.1. The van der Waals surface area contributed by atoms with Gasteiger partial charge in [0.1, 0.15) is 6.54 Å². The molecule has 7 nitrogen and oxygen atoms in total. The molecule has 0 atom stereocenters. The van der Waals surface area contributed by atoms with E-state index in [1.54, 1.807) is 34.1 Å². The lowest BCUT2D eigenvalue weighted by molar-refractivity contribution is -0.895. The van der Waals surface area contributed by atoms with Crippen LogP contribution in [-0.4, -0.2) is 73.3 Å². The molecular weight excluding hydrogens is 392 g/mol. The maximum Gasteiger partial charge on any atom is 0.254 e. The number of carbonyl (C=O) groups is 3. The number of benzene rings is 1. The Kier molecular flexibility index (Phi) is 12.9. The molecule has 0 aliphatic heterocycles. The molecule has 0 unspecified atom stereocenters. The van der Waals surface area contributed by atoms with Gasteiger partial charge in [0.05, 0.1) is 26.2 Å². The van der Waals surface area contributed by atoms with Gasteiger partial charge in [-0.15, -0.1) is 0 Å². The molecule has 0 spiro atoms. The maximum atomic E-state index is 13.1. The minimum atomic E-state index is -0.165. The molecule has 0 saturated carbocycles.